The van der Waals surface area contributed by atoms with E-state index in [1.807, 2.05) is 11.8 Å². The third-order valence-electron chi connectivity index (χ3n) is 4.38. The van der Waals surface area contributed by atoms with Gasteiger partial charge in [-0.05, 0) is 39.4 Å². The highest BCUT2D eigenvalue weighted by atomic mass is 32.2. The van der Waals surface area contributed by atoms with Crippen molar-refractivity contribution in [2.24, 2.45) is 11.7 Å². The number of ether oxygens (including phenoxy) is 2. The first-order chi connectivity index (χ1) is 11.1. The Balaban J connectivity index is 4.39. The average Bonchev–Trinajstić information content (AvgIpc) is 2.53. The number of hydrogen-bond donors (Lipinski definition) is 1. The van der Waals surface area contributed by atoms with E-state index < -0.39 is 5.79 Å². The van der Waals surface area contributed by atoms with Crippen LogP contribution in [-0.4, -0.2) is 37.1 Å². The first kappa shape index (κ1) is 23.2. The lowest BCUT2D eigenvalue weighted by Crippen LogP contribution is -2.41. The second-order valence-electron chi connectivity index (χ2n) is 6.33. The van der Waals surface area contributed by atoms with Gasteiger partial charge < -0.3 is 15.2 Å². The van der Waals surface area contributed by atoms with Gasteiger partial charge in [-0.1, -0.05) is 45.4 Å². The van der Waals surface area contributed by atoms with Crippen LogP contribution in [-0.2, 0) is 9.47 Å². The summed E-state index contributed by atoms with van der Waals surface area (Å²) in [5.74, 6) is 2.23. The van der Waals surface area contributed by atoms with E-state index in [0.29, 0.717) is 19.1 Å². The van der Waals surface area contributed by atoms with E-state index in [1.54, 1.807) is 0 Å². The van der Waals surface area contributed by atoms with Crippen LogP contribution in [0.1, 0.15) is 79.1 Å². The van der Waals surface area contributed by atoms with Gasteiger partial charge >= 0.3 is 0 Å². The van der Waals surface area contributed by atoms with Crippen molar-refractivity contribution in [2.45, 2.75) is 84.8 Å². The summed E-state index contributed by atoms with van der Waals surface area (Å²) in [4.78, 5) is 0. The molecule has 3 nitrogen and oxygen atoms in total. The molecule has 0 aromatic heterocycles. The highest BCUT2D eigenvalue weighted by Crippen LogP contribution is 2.32. The molecule has 4 heteroatoms. The van der Waals surface area contributed by atoms with E-state index in [1.165, 1.54) is 44.9 Å². The summed E-state index contributed by atoms with van der Waals surface area (Å²) in [7, 11) is 0. The molecule has 0 fully saturated rings. The topological polar surface area (TPSA) is 44.5 Å². The number of nitrogens with two attached hydrogens (primary N) is 1. The molecule has 0 aliphatic carbocycles. The van der Waals surface area contributed by atoms with Gasteiger partial charge in [0.05, 0.1) is 0 Å². The van der Waals surface area contributed by atoms with Gasteiger partial charge in [-0.25, -0.2) is 0 Å². The van der Waals surface area contributed by atoms with Crippen molar-refractivity contribution in [3.8, 4) is 0 Å². The second kappa shape index (κ2) is 15.7. The summed E-state index contributed by atoms with van der Waals surface area (Å²) in [5.41, 5.74) is 5.59. The molecule has 23 heavy (non-hydrogen) atoms. The largest absolute Gasteiger partial charge is 0.350 e. The molecule has 0 amide bonds. The third-order valence-corrected chi connectivity index (χ3v) is 5.43. The Hall–Kier alpha value is 0.230. The molecule has 0 heterocycles. The molecule has 2 N–H and O–H groups in total. The van der Waals surface area contributed by atoms with Crippen LogP contribution < -0.4 is 5.73 Å². The Morgan fingerprint density at radius 3 is 2.04 bits per heavy atom. The zero-order valence-corrected chi connectivity index (χ0v) is 16.9. The lowest BCUT2D eigenvalue weighted by atomic mass is 9.90. The fraction of sp³-hybridized carbons (Fsp3) is 1.00. The number of thioether (sulfide) groups is 1. The lowest BCUT2D eigenvalue weighted by Gasteiger charge is -2.37. The summed E-state index contributed by atoms with van der Waals surface area (Å²) >= 11 is 1.95. The highest BCUT2D eigenvalue weighted by Gasteiger charge is 2.34. The minimum atomic E-state index is -0.434. The van der Waals surface area contributed by atoms with E-state index in [0.717, 1.165) is 24.5 Å². The van der Waals surface area contributed by atoms with Crippen LogP contribution in [0, 0.1) is 5.92 Å². The Morgan fingerprint density at radius 1 is 0.870 bits per heavy atom. The first-order valence-electron chi connectivity index (χ1n) is 9.70. The van der Waals surface area contributed by atoms with Gasteiger partial charge in [0.2, 0.25) is 0 Å². The predicted molar refractivity (Wildman–Crippen MR) is 104 cm³/mol. The SMILES string of the molecule is CCCCCCCCC(CCSCCN)C(C)(OCC)OCC. The van der Waals surface area contributed by atoms with E-state index in [-0.39, 0.29) is 0 Å². The Bertz CT molecular complexity index is 246. The van der Waals surface area contributed by atoms with Gasteiger partial charge in [0.1, 0.15) is 0 Å². The van der Waals surface area contributed by atoms with E-state index in [4.69, 9.17) is 15.2 Å². The van der Waals surface area contributed by atoms with Crippen molar-refractivity contribution in [3.05, 3.63) is 0 Å². The molecule has 1 unspecified atom stereocenters. The van der Waals surface area contributed by atoms with Crippen LogP contribution in [0.5, 0.6) is 0 Å². The van der Waals surface area contributed by atoms with Crippen molar-refractivity contribution in [2.75, 3.05) is 31.3 Å². The van der Waals surface area contributed by atoms with Crippen LogP contribution in [0.25, 0.3) is 0 Å². The average molecular weight is 348 g/mol. The fourth-order valence-corrected chi connectivity index (χ4v) is 3.92. The highest BCUT2D eigenvalue weighted by molar-refractivity contribution is 7.99. The van der Waals surface area contributed by atoms with Gasteiger partial charge in [-0.15, -0.1) is 0 Å². The number of rotatable bonds is 17. The zero-order chi connectivity index (χ0) is 17.4. The van der Waals surface area contributed by atoms with Crippen LogP contribution in [0.3, 0.4) is 0 Å². The second-order valence-corrected chi connectivity index (χ2v) is 7.55. The predicted octanol–water partition coefficient (Wildman–Crippen LogP) is 5.22. The molecule has 140 valence electrons. The maximum Gasteiger partial charge on any atom is 0.168 e. The molecule has 0 rings (SSSR count). The van der Waals surface area contributed by atoms with Crippen molar-refractivity contribution < 1.29 is 9.47 Å². The minimum absolute atomic E-state index is 0.434. The number of hydrogen-bond acceptors (Lipinski definition) is 4. The maximum absolute atomic E-state index is 6.03. The molecule has 0 aliphatic heterocycles. The standard InChI is InChI=1S/C19H41NO2S/c1-5-8-9-10-11-12-13-18(14-16-23-17-15-20)19(4,21-6-2)22-7-3/h18H,5-17,20H2,1-4H3. The van der Waals surface area contributed by atoms with Gasteiger partial charge in [0.25, 0.3) is 0 Å². The van der Waals surface area contributed by atoms with Gasteiger partial charge in [-0.3, -0.25) is 0 Å². The number of unbranched alkanes of at least 4 members (excludes halogenated alkanes) is 5. The minimum Gasteiger partial charge on any atom is -0.350 e. The van der Waals surface area contributed by atoms with E-state index in [2.05, 4.69) is 27.7 Å². The van der Waals surface area contributed by atoms with Crippen molar-refractivity contribution in [1.29, 1.82) is 0 Å². The molecule has 0 radical (unpaired) electrons. The van der Waals surface area contributed by atoms with E-state index >= 15 is 0 Å². The van der Waals surface area contributed by atoms with Crippen LogP contribution in [0.15, 0.2) is 0 Å². The summed E-state index contributed by atoms with van der Waals surface area (Å²) < 4.78 is 12.1. The first-order valence-corrected chi connectivity index (χ1v) is 10.9. The summed E-state index contributed by atoms with van der Waals surface area (Å²) in [5, 5.41) is 0. The molecular weight excluding hydrogens is 306 g/mol. The van der Waals surface area contributed by atoms with Gasteiger partial charge in [0.15, 0.2) is 5.79 Å². The molecule has 0 aromatic rings. The van der Waals surface area contributed by atoms with Crippen molar-refractivity contribution >= 4 is 11.8 Å². The van der Waals surface area contributed by atoms with Crippen molar-refractivity contribution in [3.63, 3.8) is 0 Å². The van der Waals surface area contributed by atoms with E-state index in [9.17, 15) is 0 Å². The third kappa shape index (κ3) is 11.4. The van der Waals surface area contributed by atoms with Gasteiger partial charge in [-0.2, -0.15) is 11.8 Å². The normalized spacial score (nSPS) is 13.4. The fourth-order valence-electron chi connectivity index (χ4n) is 3.10. The summed E-state index contributed by atoms with van der Waals surface area (Å²) in [6, 6.07) is 0. The molecule has 0 saturated carbocycles. The zero-order valence-electron chi connectivity index (χ0n) is 16.1. The molecule has 0 bridgehead atoms. The summed E-state index contributed by atoms with van der Waals surface area (Å²) in [6.45, 7) is 10.7. The van der Waals surface area contributed by atoms with Crippen molar-refractivity contribution in [1.82, 2.24) is 0 Å². The van der Waals surface area contributed by atoms with Crippen LogP contribution in [0.4, 0.5) is 0 Å². The molecule has 1 atom stereocenters. The van der Waals surface area contributed by atoms with Crippen LogP contribution in [0.2, 0.25) is 0 Å². The Labute approximate surface area is 149 Å². The monoisotopic (exact) mass is 347 g/mol. The summed E-state index contributed by atoms with van der Waals surface area (Å²) in [6.07, 6.45) is 10.4. The Morgan fingerprint density at radius 2 is 1.48 bits per heavy atom. The molecule has 0 saturated heterocycles. The molecular formula is C19H41NO2S. The van der Waals surface area contributed by atoms with Crippen LogP contribution >= 0.6 is 11.8 Å². The van der Waals surface area contributed by atoms with Gasteiger partial charge in [0, 0.05) is 31.4 Å². The Kier molecular flexibility index (Phi) is 15.9. The molecule has 0 aliphatic rings. The smallest absolute Gasteiger partial charge is 0.168 e. The maximum atomic E-state index is 6.03. The lowest BCUT2D eigenvalue weighted by molar-refractivity contribution is -0.253. The molecule has 0 aromatic carbocycles. The molecule has 0 spiro atoms. The quantitative estimate of drug-likeness (QED) is 0.289.